The molecule has 1 saturated heterocycles. The number of hydrogen-bond acceptors (Lipinski definition) is 6. The summed E-state index contributed by atoms with van der Waals surface area (Å²) in [5.41, 5.74) is 11.0. The zero-order chi connectivity index (χ0) is 26.7. The number of carbonyl (C=O) groups is 1. The number of sulfonamides is 1. The Morgan fingerprint density at radius 1 is 1.11 bits per heavy atom. The summed E-state index contributed by atoms with van der Waals surface area (Å²) in [6.45, 7) is 5.22. The van der Waals surface area contributed by atoms with E-state index < -0.39 is 22.0 Å². The summed E-state index contributed by atoms with van der Waals surface area (Å²) in [6.07, 6.45) is 8.78. The summed E-state index contributed by atoms with van der Waals surface area (Å²) < 4.78 is 29.9. The van der Waals surface area contributed by atoms with E-state index in [0.29, 0.717) is 5.69 Å². The standard InChI is InChI=1S/C28H36N6O3S/c1-20-8-11-24(12-9-20)38(36,37)31-26(28(29)35)17-23-19-34(32-30-23)27-7-5-6-22-16-21(10-13-25(22)27)18-33-14-3-2-4-15-33/h8-13,16,19,26-27,31H,2-7,14-15,17-18H2,1H3,(H2,29,35)/t26-,27?/m1/s1. The van der Waals surface area contributed by atoms with Crippen molar-refractivity contribution in [3.63, 3.8) is 0 Å². The van der Waals surface area contributed by atoms with E-state index in [-0.39, 0.29) is 17.4 Å². The Bertz CT molecular complexity index is 1380. The molecule has 3 aromatic rings. The average Bonchev–Trinajstić information content (AvgIpc) is 3.37. The molecular formula is C28H36N6O3S. The number of nitrogens with zero attached hydrogens (tertiary/aromatic N) is 4. The van der Waals surface area contributed by atoms with E-state index in [1.807, 2.05) is 11.6 Å². The van der Waals surface area contributed by atoms with Crippen molar-refractivity contribution < 1.29 is 13.2 Å². The largest absolute Gasteiger partial charge is 0.368 e. The Balaban J connectivity index is 1.29. The second-order valence-corrected chi connectivity index (χ2v) is 12.3. The monoisotopic (exact) mass is 536 g/mol. The molecule has 202 valence electrons. The van der Waals surface area contributed by atoms with Crippen LogP contribution >= 0.6 is 0 Å². The lowest BCUT2D eigenvalue weighted by Gasteiger charge is -2.29. The molecule has 3 N–H and O–H groups in total. The predicted molar refractivity (Wildman–Crippen MR) is 145 cm³/mol. The SMILES string of the molecule is Cc1ccc(S(=O)(=O)N[C@H](Cc2cn(C3CCCc4cc(CN5CCCCC5)ccc43)nn2)C(N)=O)cc1. The summed E-state index contributed by atoms with van der Waals surface area (Å²) in [6, 6.07) is 12.1. The van der Waals surface area contributed by atoms with Gasteiger partial charge in [-0.15, -0.1) is 5.10 Å². The minimum atomic E-state index is -3.92. The second kappa shape index (κ2) is 11.3. The molecule has 2 aromatic carbocycles. The molecule has 2 heterocycles. The molecule has 1 fully saturated rings. The molecule has 0 saturated carbocycles. The number of aromatic nitrogens is 3. The highest BCUT2D eigenvalue weighted by molar-refractivity contribution is 7.89. The van der Waals surface area contributed by atoms with Gasteiger partial charge in [0.1, 0.15) is 6.04 Å². The number of nitrogens with two attached hydrogens (primary N) is 1. The lowest BCUT2D eigenvalue weighted by Crippen LogP contribution is -2.45. The normalized spacial score (nSPS) is 19.1. The maximum Gasteiger partial charge on any atom is 0.241 e. The number of amides is 1. The first-order valence-corrected chi connectivity index (χ1v) is 14.9. The molecule has 0 radical (unpaired) electrons. The van der Waals surface area contributed by atoms with Crippen LogP contribution in [0.5, 0.6) is 0 Å². The molecule has 1 aliphatic heterocycles. The van der Waals surface area contributed by atoms with Gasteiger partial charge in [-0.05, 0) is 80.9 Å². The minimum absolute atomic E-state index is 0.0226. The summed E-state index contributed by atoms with van der Waals surface area (Å²) in [7, 11) is -3.92. The molecule has 38 heavy (non-hydrogen) atoms. The Labute approximate surface area is 224 Å². The number of piperidine rings is 1. The van der Waals surface area contributed by atoms with Crippen LogP contribution in [-0.4, -0.2) is 53.4 Å². The molecule has 9 nitrogen and oxygen atoms in total. The Morgan fingerprint density at radius 2 is 1.87 bits per heavy atom. The van der Waals surface area contributed by atoms with Gasteiger partial charge in [-0.25, -0.2) is 13.1 Å². The minimum Gasteiger partial charge on any atom is -0.368 e. The van der Waals surface area contributed by atoms with Gasteiger partial charge in [-0.3, -0.25) is 9.69 Å². The van der Waals surface area contributed by atoms with Crippen molar-refractivity contribution in [1.82, 2.24) is 24.6 Å². The number of nitrogens with one attached hydrogen (secondary N) is 1. The number of carbonyl (C=O) groups excluding carboxylic acids is 1. The third-order valence-electron chi connectivity index (χ3n) is 7.61. The molecule has 0 spiro atoms. The molecule has 2 atom stereocenters. The van der Waals surface area contributed by atoms with Gasteiger partial charge in [0.2, 0.25) is 15.9 Å². The lowest BCUT2D eigenvalue weighted by molar-refractivity contribution is -0.119. The zero-order valence-corrected chi connectivity index (χ0v) is 22.7. The van der Waals surface area contributed by atoms with E-state index in [1.54, 1.807) is 18.3 Å². The van der Waals surface area contributed by atoms with E-state index in [9.17, 15) is 13.2 Å². The first kappa shape index (κ1) is 26.5. The predicted octanol–water partition coefficient (Wildman–Crippen LogP) is 2.87. The maximum absolute atomic E-state index is 12.8. The molecular weight excluding hydrogens is 500 g/mol. The summed E-state index contributed by atoms with van der Waals surface area (Å²) in [5, 5.41) is 8.62. The van der Waals surface area contributed by atoms with Gasteiger partial charge >= 0.3 is 0 Å². The molecule has 0 bridgehead atoms. The molecule has 1 aromatic heterocycles. The molecule has 5 rings (SSSR count). The third kappa shape index (κ3) is 6.14. The quantitative estimate of drug-likeness (QED) is 0.434. The van der Waals surface area contributed by atoms with Crippen molar-refractivity contribution in [2.24, 2.45) is 5.73 Å². The van der Waals surface area contributed by atoms with Crippen LogP contribution in [0.1, 0.15) is 66.1 Å². The van der Waals surface area contributed by atoms with Gasteiger partial charge in [0, 0.05) is 19.2 Å². The van der Waals surface area contributed by atoms with Gasteiger partial charge in [0.05, 0.1) is 16.6 Å². The van der Waals surface area contributed by atoms with Crippen molar-refractivity contribution in [1.29, 1.82) is 0 Å². The molecule has 1 amide bonds. The highest BCUT2D eigenvalue weighted by atomic mass is 32.2. The fourth-order valence-corrected chi connectivity index (χ4v) is 6.74. The smallest absolute Gasteiger partial charge is 0.241 e. The summed E-state index contributed by atoms with van der Waals surface area (Å²) >= 11 is 0. The maximum atomic E-state index is 12.8. The van der Waals surface area contributed by atoms with Gasteiger partial charge in [0.25, 0.3) is 0 Å². The van der Waals surface area contributed by atoms with Crippen LogP contribution in [0.3, 0.4) is 0 Å². The van der Waals surface area contributed by atoms with Gasteiger partial charge in [-0.2, -0.15) is 4.72 Å². The number of hydrogen-bond donors (Lipinski definition) is 2. The Morgan fingerprint density at radius 3 is 2.61 bits per heavy atom. The average molecular weight is 537 g/mol. The highest BCUT2D eigenvalue weighted by Gasteiger charge is 2.27. The summed E-state index contributed by atoms with van der Waals surface area (Å²) in [5.74, 6) is -0.764. The third-order valence-corrected chi connectivity index (χ3v) is 9.09. The van der Waals surface area contributed by atoms with Crippen molar-refractivity contribution in [2.75, 3.05) is 13.1 Å². The van der Waals surface area contributed by atoms with Gasteiger partial charge in [-0.1, -0.05) is 47.5 Å². The molecule has 1 aliphatic carbocycles. The van der Waals surface area contributed by atoms with Crippen LogP contribution in [0.25, 0.3) is 0 Å². The molecule has 1 unspecified atom stereocenters. The first-order valence-electron chi connectivity index (χ1n) is 13.4. The lowest BCUT2D eigenvalue weighted by atomic mass is 9.86. The van der Waals surface area contributed by atoms with Crippen molar-refractivity contribution in [2.45, 2.75) is 75.4 Å². The summed E-state index contributed by atoms with van der Waals surface area (Å²) in [4.78, 5) is 14.8. The van der Waals surface area contributed by atoms with Crippen molar-refractivity contribution >= 4 is 15.9 Å². The first-order chi connectivity index (χ1) is 18.3. The van der Waals surface area contributed by atoms with E-state index in [1.165, 1.54) is 61.2 Å². The number of primary amides is 1. The number of aryl methyl sites for hydroxylation is 2. The molecule has 2 aliphatic rings. The van der Waals surface area contributed by atoms with Crippen LogP contribution in [0.2, 0.25) is 0 Å². The number of fused-ring (bicyclic) bond motifs is 1. The molecule has 10 heteroatoms. The van der Waals surface area contributed by atoms with E-state index in [2.05, 4.69) is 38.1 Å². The number of benzene rings is 2. The zero-order valence-electron chi connectivity index (χ0n) is 21.8. The second-order valence-electron chi connectivity index (χ2n) is 10.6. The fraction of sp³-hybridized carbons (Fsp3) is 0.464. The topological polar surface area (TPSA) is 123 Å². The highest BCUT2D eigenvalue weighted by Crippen LogP contribution is 2.33. The Kier molecular flexibility index (Phi) is 7.92. The van der Waals surface area contributed by atoms with Crippen LogP contribution < -0.4 is 10.5 Å². The van der Waals surface area contributed by atoms with Gasteiger partial charge in [0.15, 0.2) is 0 Å². The van der Waals surface area contributed by atoms with E-state index >= 15 is 0 Å². The van der Waals surface area contributed by atoms with Crippen molar-refractivity contribution in [3.8, 4) is 0 Å². The van der Waals surface area contributed by atoms with Crippen molar-refractivity contribution in [3.05, 3.63) is 76.6 Å². The fourth-order valence-electron chi connectivity index (χ4n) is 5.53. The van der Waals surface area contributed by atoms with Crippen LogP contribution in [0.4, 0.5) is 0 Å². The van der Waals surface area contributed by atoms with E-state index in [0.717, 1.165) is 31.4 Å². The van der Waals surface area contributed by atoms with Gasteiger partial charge < -0.3 is 5.73 Å². The number of likely N-dealkylation sites (tertiary alicyclic amines) is 1. The van der Waals surface area contributed by atoms with Crippen LogP contribution in [0.15, 0.2) is 53.6 Å². The van der Waals surface area contributed by atoms with Crippen LogP contribution in [-0.2, 0) is 34.2 Å². The number of rotatable bonds is 9. The van der Waals surface area contributed by atoms with E-state index in [4.69, 9.17) is 5.73 Å². The van der Waals surface area contributed by atoms with Crippen LogP contribution in [0, 0.1) is 6.92 Å². The Hall–Kier alpha value is -3.08.